The number of aromatic nitrogens is 3. The number of pyridine rings is 1. The normalized spacial score (nSPS) is 14.4. The first-order valence-corrected chi connectivity index (χ1v) is 7.08. The Morgan fingerprint density at radius 1 is 1.45 bits per heavy atom. The summed E-state index contributed by atoms with van der Waals surface area (Å²) in [5, 5.41) is 10.5. The molecule has 2 aromatic rings. The predicted molar refractivity (Wildman–Crippen MR) is 76.6 cm³/mol. The summed E-state index contributed by atoms with van der Waals surface area (Å²) in [5.41, 5.74) is 1.88. The third-order valence-corrected chi connectivity index (χ3v) is 3.36. The van der Waals surface area contributed by atoms with Gasteiger partial charge in [0, 0.05) is 24.7 Å². The summed E-state index contributed by atoms with van der Waals surface area (Å²) in [5.74, 6) is 0.759. The minimum Gasteiger partial charge on any atom is -0.353 e. The monoisotopic (exact) mass is 273 g/mol. The predicted octanol–water partition coefficient (Wildman–Crippen LogP) is 1.51. The summed E-state index contributed by atoms with van der Waals surface area (Å²) in [7, 11) is 0. The molecule has 2 aromatic heterocycles. The van der Waals surface area contributed by atoms with Crippen LogP contribution in [0.5, 0.6) is 0 Å². The van der Waals surface area contributed by atoms with Gasteiger partial charge >= 0.3 is 0 Å². The van der Waals surface area contributed by atoms with Crippen LogP contribution < -0.4 is 10.6 Å². The maximum Gasteiger partial charge on any atom is 0.243 e. The van der Waals surface area contributed by atoms with E-state index in [-0.39, 0.29) is 5.91 Å². The van der Waals surface area contributed by atoms with Crippen molar-refractivity contribution in [2.75, 3.05) is 11.9 Å². The molecule has 106 valence electrons. The van der Waals surface area contributed by atoms with Crippen LogP contribution in [0.15, 0.2) is 18.2 Å². The molecule has 6 nitrogen and oxygen atoms in total. The van der Waals surface area contributed by atoms with Crippen LogP contribution in [0.2, 0.25) is 0 Å². The van der Waals surface area contributed by atoms with Gasteiger partial charge < -0.3 is 10.6 Å². The lowest BCUT2D eigenvalue weighted by molar-refractivity contribution is -0.121. The van der Waals surface area contributed by atoms with Crippen LogP contribution in [0.1, 0.15) is 31.4 Å². The van der Waals surface area contributed by atoms with Crippen molar-refractivity contribution < 1.29 is 4.79 Å². The van der Waals surface area contributed by atoms with E-state index in [9.17, 15) is 4.79 Å². The fourth-order valence-corrected chi connectivity index (χ4v) is 2.09. The second-order valence-electron chi connectivity index (χ2n) is 5.24. The summed E-state index contributed by atoms with van der Waals surface area (Å²) in [6.07, 6.45) is 3.60. The van der Waals surface area contributed by atoms with Gasteiger partial charge in [-0.15, -0.1) is 5.10 Å². The van der Waals surface area contributed by atoms with Crippen molar-refractivity contribution in [1.82, 2.24) is 19.9 Å². The second-order valence-corrected chi connectivity index (χ2v) is 5.24. The summed E-state index contributed by atoms with van der Waals surface area (Å²) in [4.78, 5) is 15.9. The Morgan fingerprint density at radius 2 is 2.30 bits per heavy atom. The number of rotatable bonds is 6. The molecule has 1 aliphatic carbocycles. The lowest BCUT2D eigenvalue weighted by Crippen LogP contribution is -2.25. The van der Waals surface area contributed by atoms with E-state index in [1.165, 1.54) is 0 Å². The Morgan fingerprint density at radius 3 is 3.05 bits per heavy atom. The standard InChI is InChI=1S/C14H19N5O/c1-10-4-2-5-12-17-14(18-19(10)12)15-9-3-6-13(20)16-11-7-8-11/h2,4-5,11H,3,6-9H2,1H3,(H,15,18)(H,16,20). The fourth-order valence-electron chi connectivity index (χ4n) is 2.09. The average molecular weight is 273 g/mol. The maximum atomic E-state index is 11.5. The molecule has 0 radical (unpaired) electrons. The number of nitrogens with one attached hydrogen (secondary N) is 2. The minimum atomic E-state index is 0.146. The maximum absolute atomic E-state index is 11.5. The molecule has 1 aliphatic rings. The Hall–Kier alpha value is -2.11. The number of hydrogen-bond acceptors (Lipinski definition) is 4. The number of fused-ring (bicyclic) bond motifs is 1. The van der Waals surface area contributed by atoms with Gasteiger partial charge in [-0.25, -0.2) is 4.52 Å². The van der Waals surface area contributed by atoms with Gasteiger partial charge in [-0.3, -0.25) is 4.79 Å². The van der Waals surface area contributed by atoms with Gasteiger partial charge in [0.1, 0.15) is 0 Å². The Labute approximate surface area is 117 Å². The molecule has 20 heavy (non-hydrogen) atoms. The van der Waals surface area contributed by atoms with Crippen molar-refractivity contribution in [3.8, 4) is 0 Å². The Kier molecular flexibility index (Phi) is 3.54. The van der Waals surface area contributed by atoms with E-state index in [1.807, 2.05) is 29.6 Å². The lowest BCUT2D eigenvalue weighted by atomic mass is 10.3. The number of nitrogens with zero attached hydrogens (tertiary/aromatic N) is 3. The molecular weight excluding hydrogens is 254 g/mol. The summed E-state index contributed by atoms with van der Waals surface area (Å²) < 4.78 is 1.81. The zero-order valence-corrected chi connectivity index (χ0v) is 11.6. The molecule has 6 heteroatoms. The quantitative estimate of drug-likeness (QED) is 0.783. The molecule has 2 N–H and O–H groups in total. The largest absolute Gasteiger partial charge is 0.353 e. The molecule has 0 saturated heterocycles. The number of aryl methyl sites for hydroxylation is 1. The van der Waals surface area contributed by atoms with Gasteiger partial charge in [-0.2, -0.15) is 4.98 Å². The molecule has 3 rings (SSSR count). The van der Waals surface area contributed by atoms with Gasteiger partial charge in [0.05, 0.1) is 0 Å². The van der Waals surface area contributed by atoms with Crippen molar-refractivity contribution in [3.05, 3.63) is 23.9 Å². The van der Waals surface area contributed by atoms with Crippen LogP contribution in [0.3, 0.4) is 0 Å². The van der Waals surface area contributed by atoms with E-state index in [2.05, 4.69) is 20.7 Å². The van der Waals surface area contributed by atoms with E-state index in [0.717, 1.165) is 30.6 Å². The smallest absolute Gasteiger partial charge is 0.243 e. The second kappa shape index (κ2) is 5.48. The van der Waals surface area contributed by atoms with Crippen molar-refractivity contribution in [2.24, 2.45) is 0 Å². The van der Waals surface area contributed by atoms with Crippen molar-refractivity contribution in [3.63, 3.8) is 0 Å². The molecule has 1 amide bonds. The number of hydrogen-bond donors (Lipinski definition) is 2. The van der Waals surface area contributed by atoms with Gasteiger partial charge in [0.15, 0.2) is 5.65 Å². The number of amides is 1. The molecule has 2 heterocycles. The van der Waals surface area contributed by atoms with Crippen LogP contribution in [-0.4, -0.2) is 33.1 Å². The molecular formula is C14H19N5O. The molecule has 0 unspecified atom stereocenters. The van der Waals surface area contributed by atoms with Gasteiger partial charge in [0.25, 0.3) is 0 Å². The summed E-state index contributed by atoms with van der Waals surface area (Å²) in [6.45, 7) is 2.70. The first kappa shape index (κ1) is 12.9. The SMILES string of the molecule is Cc1cccc2nc(NCCCC(=O)NC3CC3)nn12. The van der Waals surface area contributed by atoms with Crippen molar-refractivity contribution >= 4 is 17.5 Å². The van der Waals surface area contributed by atoms with Gasteiger partial charge in [-0.1, -0.05) is 6.07 Å². The van der Waals surface area contributed by atoms with Crippen LogP contribution in [-0.2, 0) is 4.79 Å². The van der Waals surface area contributed by atoms with E-state index in [4.69, 9.17) is 0 Å². The fraction of sp³-hybridized carbons (Fsp3) is 0.500. The van der Waals surface area contributed by atoms with Crippen LogP contribution >= 0.6 is 0 Å². The highest BCUT2D eigenvalue weighted by molar-refractivity contribution is 5.76. The molecule has 0 aliphatic heterocycles. The number of carbonyl (C=O) groups excluding carboxylic acids is 1. The highest BCUT2D eigenvalue weighted by atomic mass is 16.1. The Bertz CT molecular complexity index is 617. The molecule has 1 saturated carbocycles. The van der Waals surface area contributed by atoms with Gasteiger partial charge in [-0.05, 0) is 38.3 Å². The van der Waals surface area contributed by atoms with Crippen molar-refractivity contribution in [2.45, 2.75) is 38.6 Å². The van der Waals surface area contributed by atoms with E-state index >= 15 is 0 Å². The van der Waals surface area contributed by atoms with Crippen molar-refractivity contribution in [1.29, 1.82) is 0 Å². The van der Waals surface area contributed by atoms with Gasteiger partial charge in [0.2, 0.25) is 11.9 Å². The lowest BCUT2D eigenvalue weighted by Gasteiger charge is -2.03. The summed E-state index contributed by atoms with van der Waals surface area (Å²) in [6, 6.07) is 6.33. The topological polar surface area (TPSA) is 71.3 Å². The molecule has 0 bridgehead atoms. The zero-order valence-electron chi connectivity index (χ0n) is 11.6. The molecule has 0 spiro atoms. The molecule has 1 fully saturated rings. The molecule has 0 aromatic carbocycles. The first-order chi connectivity index (χ1) is 9.72. The average Bonchev–Trinajstić information content (AvgIpc) is 3.12. The molecule has 0 atom stereocenters. The summed E-state index contributed by atoms with van der Waals surface area (Å²) >= 11 is 0. The van der Waals surface area contributed by atoms with Crippen LogP contribution in [0.25, 0.3) is 5.65 Å². The third-order valence-electron chi connectivity index (χ3n) is 3.36. The number of carbonyl (C=O) groups is 1. The van der Waals surface area contributed by atoms with E-state index in [1.54, 1.807) is 0 Å². The first-order valence-electron chi connectivity index (χ1n) is 7.08. The van der Waals surface area contributed by atoms with E-state index in [0.29, 0.717) is 25.0 Å². The Balaban J connectivity index is 1.47. The highest BCUT2D eigenvalue weighted by Crippen LogP contribution is 2.18. The zero-order chi connectivity index (χ0) is 13.9. The van der Waals surface area contributed by atoms with E-state index < -0.39 is 0 Å². The van der Waals surface area contributed by atoms with Crippen LogP contribution in [0.4, 0.5) is 5.95 Å². The number of anilines is 1. The highest BCUT2D eigenvalue weighted by Gasteiger charge is 2.22. The van der Waals surface area contributed by atoms with Crippen LogP contribution in [0, 0.1) is 6.92 Å². The minimum absolute atomic E-state index is 0.146. The third kappa shape index (κ3) is 3.07.